The van der Waals surface area contributed by atoms with Crippen molar-refractivity contribution in [3.05, 3.63) is 534 Å². The maximum Gasteiger partial charge on any atom is 0.0547 e. The molecular weight excluding hydrogens is 1670 g/mol. The van der Waals surface area contributed by atoms with E-state index in [9.17, 15) is 0 Å². The molecule has 646 valence electrons. The van der Waals surface area contributed by atoms with Gasteiger partial charge in [-0.25, -0.2) is 0 Å². The highest BCUT2D eigenvalue weighted by Crippen LogP contribution is 2.46. The average molecular weight is 1760 g/mol. The van der Waals surface area contributed by atoms with Crippen molar-refractivity contribution < 1.29 is 0 Å². The summed E-state index contributed by atoms with van der Waals surface area (Å²) in [7, 11) is 0. The molecule has 0 amide bonds. The molecule has 28 rings (SSSR count). The van der Waals surface area contributed by atoms with Gasteiger partial charge in [0.15, 0.2) is 0 Å². The van der Waals surface area contributed by atoms with Crippen molar-refractivity contribution in [3.8, 4) is 112 Å². The quantitative estimate of drug-likeness (QED) is 0.110. The minimum Gasteiger partial charge on any atom is -0.309 e. The molecule has 6 heterocycles. The van der Waals surface area contributed by atoms with E-state index in [0.717, 1.165) is 17.1 Å². The Morgan fingerprint density at radius 2 is 0.239 bits per heavy atom. The molecule has 0 saturated heterocycles. The van der Waals surface area contributed by atoms with Crippen LogP contribution >= 0.6 is 0 Å². The molecule has 138 heavy (non-hydrogen) atoms. The molecule has 6 heteroatoms. The standard InChI is InChI=1S/2C48H32N2.C36H24N2/c1-4-13-33(14-5-1)35-17-12-20-40(29-35)50-45-22-11-10-21-41(45)43-30-36(25-28-47(43)50)37-24-27-46-44(31-37)42-26-23-38(34-15-6-2-7-16-34)32-48(42)49(46)39-18-8-3-9-19-39;1-4-13-33(14-5-1)35-17-12-20-40(29-35)50-47-28-25-37(31-44(47)42-26-23-38(32-48(42)50)34-15-6-2-7-16-34)36-24-27-46-43(30-36)41-21-10-11-22-45(41)49(46)39-18-8-3-9-19-39;1-3-11-27(12-4-1)37-34-18-10-8-16-30(34)32-23-25(20-22-35(32)37)26-19-21-31-29-15-7-9-17-33(29)38(36(31)24-26)28-13-5-2-6-14-28/h2*1-32H;1-24H. The molecule has 22 aromatic carbocycles. The van der Waals surface area contributed by atoms with Crippen molar-refractivity contribution >= 4 is 131 Å². The van der Waals surface area contributed by atoms with Gasteiger partial charge in [0.25, 0.3) is 0 Å². The maximum atomic E-state index is 2.43. The summed E-state index contributed by atoms with van der Waals surface area (Å²) in [4.78, 5) is 0. The molecule has 0 saturated carbocycles. The highest BCUT2D eigenvalue weighted by molar-refractivity contribution is 6.18. The van der Waals surface area contributed by atoms with Crippen LogP contribution < -0.4 is 0 Å². The van der Waals surface area contributed by atoms with Crippen LogP contribution in [-0.2, 0) is 0 Å². The fraction of sp³-hybridized carbons (Fsp3) is 0. The fourth-order valence-electron chi connectivity index (χ4n) is 21.5. The maximum absolute atomic E-state index is 2.43. The van der Waals surface area contributed by atoms with Crippen molar-refractivity contribution in [1.29, 1.82) is 0 Å². The van der Waals surface area contributed by atoms with Gasteiger partial charge in [0.1, 0.15) is 0 Å². The predicted octanol–water partition coefficient (Wildman–Crippen LogP) is 35.3. The van der Waals surface area contributed by atoms with Gasteiger partial charge in [-0.15, -0.1) is 0 Å². The summed E-state index contributed by atoms with van der Waals surface area (Å²) >= 11 is 0. The summed E-state index contributed by atoms with van der Waals surface area (Å²) in [5.74, 6) is 0. The van der Waals surface area contributed by atoms with E-state index in [0.29, 0.717) is 0 Å². The molecule has 0 fully saturated rings. The molecule has 0 N–H and O–H groups in total. The Bertz CT molecular complexity index is 9540. The van der Waals surface area contributed by atoms with Gasteiger partial charge in [0.2, 0.25) is 0 Å². The van der Waals surface area contributed by atoms with Gasteiger partial charge >= 0.3 is 0 Å². The molecule has 0 radical (unpaired) electrons. The van der Waals surface area contributed by atoms with E-state index >= 15 is 0 Å². The van der Waals surface area contributed by atoms with E-state index in [1.807, 2.05) is 0 Å². The molecule has 0 unspecified atom stereocenters. The van der Waals surface area contributed by atoms with Crippen LogP contribution in [0.3, 0.4) is 0 Å². The molecule has 0 spiro atoms. The molecule has 6 aromatic heterocycles. The lowest BCUT2D eigenvalue weighted by Gasteiger charge is -2.11. The summed E-state index contributed by atoms with van der Waals surface area (Å²) in [6.45, 7) is 0. The first-order valence-electron chi connectivity index (χ1n) is 47.4. The van der Waals surface area contributed by atoms with Gasteiger partial charge in [-0.1, -0.05) is 358 Å². The van der Waals surface area contributed by atoms with Crippen molar-refractivity contribution in [2.75, 3.05) is 0 Å². The molecule has 0 aliphatic heterocycles. The van der Waals surface area contributed by atoms with Gasteiger partial charge in [-0.2, -0.15) is 0 Å². The van der Waals surface area contributed by atoms with E-state index in [1.165, 1.54) is 226 Å². The zero-order valence-electron chi connectivity index (χ0n) is 75.5. The Balaban J connectivity index is 0.000000108. The largest absolute Gasteiger partial charge is 0.309 e. The van der Waals surface area contributed by atoms with Gasteiger partial charge < -0.3 is 27.4 Å². The lowest BCUT2D eigenvalue weighted by Crippen LogP contribution is -1.95. The second-order valence-electron chi connectivity index (χ2n) is 35.8. The normalized spacial score (nSPS) is 11.6. The number of aromatic nitrogens is 6. The highest BCUT2D eigenvalue weighted by atomic mass is 15.0. The van der Waals surface area contributed by atoms with Crippen molar-refractivity contribution in [1.82, 2.24) is 27.4 Å². The molecule has 0 aliphatic carbocycles. The number of fused-ring (bicyclic) bond motifs is 18. The van der Waals surface area contributed by atoms with Gasteiger partial charge in [-0.05, 0) is 254 Å². The van der Waals surface area contributed by atoms with Crippen molar-refractivity contribution in [2.45, 2.75) is 0 Å². The second-order valence-corrected chi connectivity index (χ2v) is 35.8. The van der Waals surface area contributed by atoms with E-state index in [1.54, 1.807) is 0 Å². The minimum absolute atomic E-state index is 1.15. The topological polar surface area (TPSA) is 29.6 Å². The zero-order chi connectivity index (χ0) is 91.1. The SMILES string of the molecule is c1ccc(-c2cccc(-n3c4ccc(-c5ccc6c(c5)c5ccccc5n6-c5ccccc5)cc4c4ccc(-c5ccccc5)cc43)c2)cc1.c1ccc(-c2cccc(-n3c4ccccc4c4cc(-c5ccc6c(c5)c5ccc(-c7ccccc7)cc5n6-c5ccccc5)ccc43)c2)cc1.c1ccc(-n2c3ccccc3c3cc(-c4ccc5c6ccccc6n(-c6ccccc6)c5c4)ccc32)cc1. The zero-order valence-corrected chi connectivity index (χ0v) is 75.5. The summed E-state index contributed by atoms with van der Waals surface area (Å²) in [5.41, 5.74) is 38.6. The van der Waals surface area contributed by atoms with E-state index in [4.69, 9.17) is 0 Å². The number of benzene rings is 22. The second kappa shape index (κ2) is 34.0. The Morgan fingerprint density at radius 3 is 0.514 bits per heavy atom. The third kappa shape index (κ3) is 14.0. The summed E-state index contributed by atoms with van der Waals surface area (Å²) in [6, 6.07) is 193. The first-order chi connectivity index (χ1) is 68.5. The van der Waals surface area contributed by atoms with E-state index in [2.05, 4.69) is 561 Å². The summed E-state index contributed by atoms with van der Waals surface area (Å²) < 4.78 is 14.4. The van der Waals surface area contributed by atoms with E-state index in [-0.39, 0.29) is 0 Å². The highest BCUT2D eigenvalue weighted by Gasteiger charge is 2.24. The van der Waals surface area contributed by atoms with Crippen LogP contribution in [0.2, 0.25) is 0 Å². The lowest BCUT2D eigenvalue weighted by molar-refractivity contribution is 1.18. The Kier molecular flexibility index (Phi) is 19.9. The molecule has 0 bridgehead atoms. The number of nitrogens with zero attached hydrogens (tertiary/aromatic N) is 6. The smallest absolute Gasteiger partial charge is 0.0547 e. The minimum atomic E-state index is 1.15. The van der Waals surface area contributed by atoms with Crippen LogP contribution in [0.25, 0.3) is 243 Å². The van der Waals surface area contributed by atoms with Crippen LogP contribution in [-0.4, -0.2) is 27.4 Å². The first kappa shape index (κ1) is 80.5. The van der Waals surface area contributed by atoms with Crippen molar-refractivity contribution in [2.24, 2.45) is 0 Å². The first-order valence-corrected chi connectivity index (χ1v) is 47.4. The van der Waals surface area contributed by atoms with Crippen molar-refractivity contribution in [3.63, 3.8) is 0 Å². The summed E-state index contributed by atoms with van der Waals surface area (Å²) in [6.07, 6.45) is 0. The van der Waals surface area contributed by atoms with Crippen LogP contribution in [0.4, 0.5) is 0 Å². The molecule has 6 nitrogen and oxygen atoms in total. The van der Waals surface area contributed by atoms with Crippen LogP contribution in [0.1, 0.15) is 0 Å². The third-order valence-corrected chi connectivity index (χ3v) is 27.9. The Labute approximate surface area is 798 Å². The number of para-hydroxylation sites is 8. The monoisotopic (exact) mass is 1760 g/mol. The molecule has 0 aliphatic rings. The van der Waals surface area contributed by atoms with E-state index < -0.39 is 0 Å². The molecular formula is C132H88N6. The third-order valence-electron chi connectivity index (χ3n) is 27.9. The molecule has 0 atom stereocenters. The Morgan fingerprint density at radius 1 is 0.0797 bits per heavy atom. The number of hydrogen-bond acceptors (Lipinski definition) is 0. The van der Waals surface area contributed by atoms with Gasteiger partial charge in [0.05, 0.1) is 66.2 Å². The molecule has 28 aromatic rings. The van der Waals surface area contributed by atoms with Crippen LogP contribution in [0.5, 0.6) is 0 Å². The van der Waals surface area contributed by atoms with Gasteiger partial charge in [-0.3, -0.25) is 0 Å². The Hall–Kier alpha value is -18.4. The fourth-order valence-corrected chi connectivity index (χ4v) is 21.5. The van der Waals surface area contributed by atoms with Crippen LogP contribution in [0, 0.1) is 0 Å². The van der Waals surface area contributed by atoms with Crippen LogP contribution in [0.15, 0.2) is 534 Å². The predicted molar refractivity (Wildman–Crippen MR) is 583 cm³/mol. The summed E-state index contributed by atoms with van der Waals surface area (Å²) in [5, 5.41) is 15.1. The number of rotatable bonds is 13. The lowest BCUT2D eigenvalue weighted by atomic mass is 9.99. The number of hydrogen-bond donors (Lipinski definition) is 0. The van der Waals surface area contributed by atoms with Gasteiger partial charge in [0, 0.05) is 98.8 Å². The average Bonchev–Trinajstić information content (AvgIpc) is 1.59.